The first-order valence-electron chi connectivity index (χ1n) is 8.61. The van der Waals surface area contributed by atoms with Gasteiger partial charge in [0.15, 0.2) is 5.82 Å². The SMILES string of the molecule is Cc1noc(C2CCCN(C(=O)Cc3cnc4ccccc4c3)C2)n1. The van der Waals surface area contributed by atoms with Crippen molar-refractivity contribution in [3.05, 3.63) is 53.8 Å². The highest BCUT2D eigenvalue weighted by atomic mass is 16.5. The molecule has 128 valence electrons. The number of carbonyl (C=O) groups excluding carboxylic acids is 1. The van der Waals surface area contributed by atoms with Crippen LogP contribution in [0.15, 0.2) is 41.1 Å². The molecule has 1 saturated heterocycles. The van der Waals surface area contributed by atoms with Crippen molar-refractivity contribution >= 4 is 16.8 Å². The third-order valence-corrected chi connectivity index (χ3v) is 4.67. The van der Waals surface area contributed by atoms with Crippen molar-refractivity contribution in [1.82, 2.24) is 20.0 Å². The average Bonchev–Trinajstić information content (AvgIpc) is 3.08. The highest BCUT2D eigenvalue weighted by molar-refractivity contribution is 5.82. The second-order valence-corrected chi connectivity index (χ2v) is 6.57. The lowest BCUT2D eigenvalue weighted by molar-refractivity contribution is -0.131. The van der Waals surface area contributed by atoms with E-state index in [9.17, 15) is 4.79 Å². The second kappa shape index (κ2) is 6.63. The van der Waals surface area contributed by atoms with E-state index in [1.54, 1.807) is 6.20 Å². The van der Waals surface area contributed by atoms with E-state index in [0.717, 1.165) is 35.9 Å². The molecule has 25 heavy (non-hydrogen) atoms. The number of para-hydroxylation sites is 1. The van der Waals surface area contributed by atoms with Crippen molar-refractivity contribution in [2.45, 2.75) is 32.1 Å². The van der Waals surface area contributed by atoms with Crippen molar-refractivity contribution in [1.29, 1.82) is 0 Å². The first-order valence-corrected chi connectivity index (χ1v) is 8.61. The largest absolute Gasteiger partial charge is 0.342 e. The van der Waals surface area contributed by atoms with Crippen molar-refractivity contribution in [2.75, 3.05) is 13.1 Å². The summed E-state index contributed by atoms with van der Waals surface area (Å²) in [6, 6.07) is 9.99. The van der Waals surface area contributed by atoms with Crippen LogP contribution in [0.5, 0.6) is 0 Å². The summed E-state index contributed by atoms with van der Waals surface area (Å²) >= 11 is 0. The molecule has 1 aliphatic rings. The molecule has 1 unspecified atom stereocenters. The fourth-order valence-corrected chi connectivity index (χ4v) is 3.38. The van der Waals surface area contributed by atoms with E-state index in [1.165, 1.54) is 0 Å². The Labute approximate surface area is 145 Å². The summed E-state index contributed by atoms with van der Waals surface area (Å²) in [4.78, 5) is 23.4. The topological polar surface area (TPSA) is 72.1 Å². The number of aromatic nitrogens is 3. The predicted molar refractivity (Wildman–Crippen MR) is 93.0 cm³/mol. The fourth-order valence-electron chi connectivity index (χ4n) is 3.38. The minimum atomic E-state index is 0.123. The molecular formula is C19H20N4O2. The number of hydrogen-bond acceptors (Lipinski definition) is 5. The van der Waals surface area contributed by atoms with E-state index in [2.05, 4.69) is 15.1 Å². The molecule has 0 bridgehead atoms. The van der Waals surface area contributed by atoms with Gasteiger partial charge in [-0.05, 0) is 37.5 Å². The Morgan fingerprint density at radius 2 is 2.24 bits per heavy atom. The summed E-state index contributed by atoms with van der Waals surface area (Å²) in [5.41, 5.74) is 1.89. The lowest BCUT2D eigenvalue weighted by atomic mass is 9.97. The molecule has 3 aromatic rings. The Morgan fingerprint density at radius 3 is 3.08 bits per heavy atom. The molecule has 6 heteroatoms. The summed E-state index contributed by atoms with van der Waals surface area (Å²) in [5.74, 6) is 1.54. The Balaban J connectivity index is 1.46. The molecule has 1 aromatic carbocycles. The molecule has 1 amide bonds. The zero-order valence-electron chi connectivity index (χ0n) is 14.2. The molecule has 2 aromatic heterocycles. The molecule has 1 aliphatic heterocycles. The minimum absolute atomic E-state index is 0.123. The van der Waals surface area contributed by atoms with Gasteiger partial charge in [0.1, 0.15) is 0 Å². The Hall–Kier alpha value is -2.76. The summed E-state index contributed by atoms with van der Waals surface area (Å²) in [7, 11) is 0. The Bertz CT molecular complexity index is 905. The standard InChI is InChI=1S/C19H20N4O2/c1-13-21-19(25-22-13)16-6-4-8-23(12-16)18(24)10-14-9-15-5-2-3-7-17(15)20-11-14/h2-3,5,7,9,11,16H,4,6,8,10,12H2,1H3. The van der Waals surface area contributed by atoms with Gasteiger partial charge in [0.25, 0.3) is 0 Å². The lowest BCUT2D eigenvalue weighted by Gasteiger charge is -2.31. The Kier molecular flexibility index (Phi) is 4.17. The maximum Gasteiger partial charge on any atom is 0.231 e. The molecule has 0 aliphatic carbocycles. The quantitative estimate of drug-likeness (QED) is 0.735. The van der Waals surface area contributed by atoms with E-state index in [-0.39, 0.29) is 11.8 Å². The van der Waals surface area contributed by atoms with Crippen LogP contribution in [0.25, 0.3) is 10.9 Å². The smallest absolute Gasteiger partial charge is 0.231 e. The lowest BCUT2D eigenvalue weighted by Crippen LogP contribution is -2.40. The number of piperidine rings is 1. The third-order valence-electron chi connectivity index (χ3n) is 4.67. The first-order chi connectivity index (χ1) is 12.2. The summed E-state index contributed by atoms with van der Waals surface area (Å²) in [6.45, 7) is 3.23. The number of aryl methyl sites for hydroxylation is 1. The Morgan fingerprint density at radius 1 is 1.36 bits per heavy atom. The van der Waals surface area contributed by atoms with Crippen LogP contribution >= 0.6 is 0 Å². The van der Waals surface area contributed by atoms with E-state index < -0.39 is 0 Å². The predicted octanol–water partition coefficient (Wildman–Crippen LogP) is 2.87. The molecule has 0 N–H and O–H groups in total. The normalized spacial score (nSPS) is 17.8. The molecular weight excluding hydrogens is 316 g/mol. The highest BCUT2D eigenvalue weighted by Gasteiger charge is 2.28. The monoisotopic (exact) mass is 336 g/mol. The maximum absolute atomic E-state index is 12.7. The number of hydrogen-bond donors (Lipinski definition) is 0. The van der Waals surface area contributed by atoms with Gasteiger partial charge in [-0.25, -0.2) is 0 Å². The molecule has 1 fully saturated rings. The number of amides is 1. The molecule has 0 saturated carbocycles. The summed E-state index contributed by atoms with van der Waals surface area (Å²) in [6.07, 6.45) is 4.09. The van der Waals surface area contributed by atoms with E-state index in [4.69, 9.17) is 4.52 Å². The molecule has 0 radical (unpaired) electrons. The van der Waals surface area contributed by atoms with Crippen LogP contribution in [-0.2, 0) is 11.2 Å². The number of carbonyl (C=O) groups is 1. The average molecular weight is 336 g/mol. The van der Waals surface area contributed by atoms with Gasteiger partial charge >= 0.3 is 0 Å². The first kappa shape index (κ1) is 15.7. The van der Waals surface area contributed by atoms with Gasteiger partial charge in [0.05, 0.1) is 17.9 Å². The van der Waals surface area contributed by atoms with Crippen LogP contribution in [-0.4, -0.2) is 39.0 Å². The van der Waals surface area contributed by atoms with Crippen molar-refractivity contribution in [3.63, 3.8) is 0 Å². The van der Waals surface area contributed by atoms with Crippen LogP contribution in [0.2, 0.25) is 0 Å². The third kappa shape index (κ3) is 3.38. The zero-order chi connectivity index (χ0) is 17.2. The van der Waals surface area contributed by atoms with Crippen molar-refractivity contribution < 1.29 is 9.32 Å². The highest BCUT2D eigenvalue weighted by Crippen LogP contribution is 2.26. The molecule has 6 nitrogen and oxygen atoms in total. The summed E-state index contributed by atoms with van der Waals surface area (Å²) in [5, 5.41) is 4.92. The second-order valence-electron chi connectivity index (χ2n) is 6.57. The molecule has 4 rings (SSSR count). The van der Waals surface area contributed by atoms with Gasteiger partial charge in [-0.3, -0.25) is 9.78 Å². The van der Waals surface area contributed by atoms with Gasteiger partial charge < -0.3 is 9.42 Å². The van der Waals surface area contributed by atoms with Gasteiger partial charge in [0.2, 0.25) is 11.8 Å². The molecule has 3 heterocycles. The maximum atomic E-state index is 12.7. The number of benzene rings is 1. The number of fused-ring (bicyclic) bond motifs is 1. The van der Waals surface area contributed by atoms with Crippen LogP contribution in [0, 0.1) is 6.92 Å². The van der Waals surface area contributed by atoms with E-state index >= 15 is 0 Å². The van der Waals surface area contributed by atoms with Gasteiger partial charge in [-0.2, -0.15) is 4.98 Å². The molecule has 1 atom stereocenters. The van der Waals surface area contributed by atoms with E-state index in [0.29, 0.717) is 24.7 Å². The van der Waals surface area contributed by atoms with Gasteiger partial charge in [-0.15, -0.1) is 0 Å². The number of likely N-dealkylation sites (tertiary alicyclic amines) is 1. The number of rotatable bonds is 3. The van der Waals surface area contributed by atoms with Crippen molar-refractivity contribution in [3.8, 4) is 0 Å². The summed E-state index contributed by atoms with van der Waals surface area (Å²) < 4.78 is 5.29. The van der Waals surface area contributed by atoms with Gasteiger partial charge in [0, 0.05) is 24.7 Å². The van der Waals surface area contributed by atoms with E-state index in [1.807, 2.05) is 42.2 Å². The molecule has 0 spiro atoms. The van der Waals surface area contributed by atoms with Crippen LogP contribution in [0.4, 0.5) is 0 Å². The number of pyridine rings is 1. The van der Waals surface area contributed by atoms with Crippen LogP contribution in [0.3, 0.4) is 0 Å². The number of nitrogens with zero attached hydrogens (tertiary/aromatic N) is 4. The van der Waals surface area contributed by atoms with Gasteiger partial charge in [-0.1, -0.05) is 23.4 Å². The minimum Gasteiger partial charge on any atom is -0.342 e. The zero-order valence-corrected chi connectivity index (χ0v) is 14.2. The van der Waals surface area contributed by atoms with Crippen LogP contribution < -0.4 is 0 Å². The van der Waals surface area contributed by atoms with Crippen molar-refractivity contribution in [2.24, 2.45) is 0 Å². The van der Waals surface area contributed by atoms with Crippen LogP contribution in [0.1, 0.15) is 36.0 Å². The fraction of sp³-hybridized carbons (Fsp3) is 0.368.